The van der Waals surface area contributed by atoms with E-state index in [2.05, 4.69) is 31.6 Å². The Morgan fingerprint density at radius 1 is 1.22 bits per heavy atom. The molecule has 0 amide bonds. The van der Waals surface area contributed by atoms with E-state index in [9.17, 15) is 0 Å². The van der Waals surface area contributed by atoms with Crippen molar-refractivity contribution in [1.82, 2.24) is 19.7 Å². The molecule has 1 aliphatic carbocycles. The van der Waals surface area contributed by atoms with Crippen LogP contribution in [0.3, 0.4) is 0 Å². The zero-order valence-corrected chi connectivity index (χ0v) is 16.7. The molecule has 2 aromatic heterocycles. The van der Waals surface area contributed by atoms with Crippen LogP contribution in [-0.2, 0) is 11.3 Å². The number of hydrogen-bond acceptors (Lipinski definition) is 7. The molecule has 146 valence electrons. The van der Waals surface area contributed by atoms with Crippen LogP contribution >= 0.6 is 11.3 Å². The lowest BCUT2D eigenvalue weighted by Gasteiger charge is -2.33. The summed E-state index contributed by atoms with van der Waals surface area (Å²) in [5.41, 5.74) is 5.88. The van der Waals surface area contributed by atoms with Crippen LogP contribution in [0.2, 0.25) is 0 Å². The molecule has 0 bridgehead atoms. The average Bonchev–Trinajstić information content (AvgIpc) is 3.44. The van der Waals surface area contributed by atoms with Gasteiger partial charge < -0.3 is 15.4 Å². The van der Waals surface area contributed by atoms with E-state index in [1.54, 1.807) is 0 Å². The largest absolute Gasteiger partial charge is 0.376 e. The summed E-state index contributed by atoms with van der Waals surface area (Å²) in [4.78, 5) is 7.74. The Morgan fingerprint density at radius 2 is 2.11 bits per heavy atom. The number of nitrogens with zero attached hydrogens (tertiary/aromatic N) is 5. The van der Waals surface area contributed by atoms with Gasteiger partial charge in [-0.1, -0.05) is 31.1 Å². The molecular formula is C19H28N6OS. The van der Waals surface area contributed by atoms with Crippen LogP contribution in [0.15, 0.2) is 6.20 Å². The predicted octanol–water partition coefficient (Wildman–Crippen LogP) is 3.18. The number of hydrogen-bond donors (Lipinski definition) is 1. The molecule has 0 radical (unpaired) electrons. The van der Waals surface area contributed by atoms with Gasteiger partial charge in [0.15, 0.2) is 11.0 Å². The first-order valence-electron chi connectivity index (χ1n) is 10.2. The highest BCUT2D eigenvalue weighted by Gasteiger charge is 2.42. The zero-order valence-electron chi connectivity index (χ0n) is 15.9. The minimum Gasteiger partial charge on any atom is -0.376 e. The highest BCUT2D eigenvalue weighted by molar-refractivity contribution is 7.18. The first kappa shape index (κ1) is 17.4. The minimum atomic E-state index is 0.242. The standard InChI is InChI=1S/C19H28N6OS/c1-12-10-24(15-7-3-2-6-14(12)15)19-23-22-17(16-9-21-18(20)27-16)25(19)11-13-5-4-8-26-13/h9,12-15H,2-8,10-11H2,1H3,(H2,20,21). The molecule has 4 unspecified atom stereocenters. The van der Waals surface area contributed by atoms with Crippen LogP contribution in [0.5, 0.6) is 0 Å². The highest BCUT2D eigenvalue weighted by Crippen LogP contribution is 2.42. The monoisotopic (exact) mass is 388 g/mol. The summed E-state index contributed by atoms with van der Waals surface area (Å²) in [5.74, 6) is 3.38. The van der Waals surface area contributed by atoms with E-state index in [1.807, 2.05) is 6.20 Å². The maximum Gasteiger partial charge on any atom is 0.227 e. The number of ether oxygens (including phenoxy) is 1. The molecule has 0 aromatic carbocycles. The van der Waals surface area contributed by atoms with E-state index in [0.717, 1.165) is 55.1 Å². The summed E-state index contributed by atoms with van der Waals surface area (Å²) in [6.07, 6.45) is 9.60. The van der Waals surface area contributed by atoms with Gasteiger partial charge in [0.25, 0.3) is 0 Å². The van der Waals surface area contributed by atoms with Crippen molar-refractivity contribution in [3.05, 3.63) is 6.20 Å². The lowest BCUT2D eigenvalue weighted by molar-refractivity contribution is 0.0974. The van der Waals surface area contributed by atoms with E-state index in [-0.39, 0.29) is 6.10 Å². The van der Waals surface area contributed by atoms with Crippen LogP contribution in [0.1, 0.15) is 45.4 Å². The van der Waals surface area contributed by atoms with Gasteiger partial charge in [-0.25, -0.2) is 4.98 Å². The lowest BCUT2D eigenvalue weighted by atomic mass is 9.80. The fraction of sp³-hybridized carbons (Fsp3) is 0.737. The van der Waals surface area contributed by atoms with E-state index >= 15 is 0 Å². The van der Waals surface area contributed by atoms with Crippen molar-refractivity contribution in [3.8, 4) is 10.7 Å². The van der Waals surface area contributed by atoms with Gasteiger partial charge in [0.1, 0.15) is 0 Å². The third-order valence-corrected chi connectivity index (χ3v) is 7.36. The third kappa shape index (κ3) is 3.12. The van der Waals surface area contributed by atoms with Gasteiger partial charge in [-0.15, -0.1) is 10.2 Å². The maximum atomic E-state index is 5.94. The molecule has 1 saturated carbocycles. The molecule has 4 atom stereocenters. The molecule has 7 nitrogen and oxygen atoms in total. The highest BCUT2D eigenvalue weighted by atomic mass is 32.1. The topological polar surface area (TPSA) is 82.1 Å². The average molecular weight is 389 g/mol. The second-order valence-electron chi connectivity index (χ2n) is 8.28. The number of aromatic nitrogens is 4. The molecule has 27 heavy (non-hydrogen) atoms. The maximum absolute atomic E-state index is 5.94. The Morgan fingerprint density at radius 3 is 2.89 bits per heavy atom. The van der Waals surface area contributed by atoms with Crippen LogP contribution in [0.25, 0.3) is 10.7 Å². The van der Waals surface area contributed by atoms with Crippen LogP contribution in [-0.4, -0.2) is 45.0 Å². The minimum absolute atomic E-state index is 0.242. The second-order valence-corrected chi connectivity index (χ2v) is 9.34. The van der Waals surface area contributed by atoms with Crippen molar-refractivity contribution in [2.45, 2.75) is 64.1 Å². The molecule has 4 heterocycles. The first-order chi connectivity index (χ1) is 13.2. The van der Waals surface area contributed by atoms with E-state index in [1.165, 1.54) is 37.0 Å². The summed E-state index contributed by atoms with van der Waals surface area (Å²) in [7, 11) is 0. The normalized spacial score (nSPS) is 30.8. The van der Waals surface area contributed by atoms with Crippen LogP contribution in [0, 0.1) is 11.8 Å². The Hall–Kier alpha value is -1.67. The van der Waals surface area contributed by atoms with Gasteiger partial charge in [-0.05, 0) is 37.5 Å². The molecule has 2 aromatic rings. The second kappa shape index (κ2) is 7.05. The van der Waals surface area contributed by atoms with Crippen LogP contribution < -0.4 is 10.6 Å². The number of thiazole rings is 1. The molecule has 2 aliphatic heterocycles. The van der Waals surface area contributed by atoms with Gasteiger partial charge in [0, 0.05) is 19.2 Å². The van der Waals surface area contributed by atoms with Crippen LogP contribution in [0.4, 0.5) is 11.1 Å². The fourth-order valence-corrected chi connectivity index (χ4v) is 5.92. The summed E-state index contributed by atoms with van der Waals surface area (Å²) in [6, 6.07) is 0.598. The van der Waals surface area contributed by atoms with Gasteiger partial charge in [0.2, 0.25) is 5.95 Å². The van der Waals surface area contributed by atoms with E-state index in [4.69, 9.17) is 10.5 Å². The summed E-state index contributed by atoms with van der Waals surface area (Å²) >= 11 is 1.48. The zero-order chi connectivity index (χ0) is 18.4. The molecule has 0 spiro atoms. The summed E-state index contributed by atoms with van der Waals surface area (Å²) in [5, 5.41) is 9.82. The third-order valence-electron chi connectivity index (χ3n) is 6.54. The van der Waals surface area contributed by atoms with Gasteiger partial charge >= 0.3 is 0 Å². The molecule has 2 N–H and O–H groups in total. The van der Waals surface area contributed by atoms with Crippen molar-refractivity contribution >= 4 is 22.4 Å². The Bertz CT molecular complexity index is 798. The summed E-state index contributed by atoms with van der Waals surface area (Å²) < 4.78 is 8.21. The number of nitrogen functional groups attached to an aromatic ring is 1. The number of nitrogens with two attached hydrogens (primary N) is 1. The molecule has 5 rings (SSSR count). The lowest BCUT2D eigenvalue weighted by Crippen LogP contribution is -2.37. The Labute approximate surface area is 163 Å². The first-order valence-corrected chi connectivity index (χ1v) is 11.1. The Balaban J connectivity index is 1.52. The number of anilines is 2. The van der Waals surface area contributed by atoms with Crippen molar-refractivity contribution in [1.29, 1.82) is 0 Å². The quantitative estimate of drug-likeness (QED) is 0.866. The molecular weight excluding hydrogens is 360 g/mol. The van der Waals surface area contributed by atoms with Gasteiger partial charge in [-0.2, -0.15) is 0 Å². The van der Waals surface area contributed by atoms with E-state index in [0.29, 0.717) is 17.1 Å². The SMILES string of the molecule is CC1CN(c2nnc(-c3cnc(N)s3)n2CC2CCCO2)C2CCCCC12. The van der Waals surface area contributed by atoms with Crippen molar-refractivity contribution in [3.63, 3.8) is 0 Å². The Kier molecular flexibility index (Phi) is 4.55. The van der Waals surface area contributed by atoms with Crippen molar-refractivity contribution in [2.24, 2.45) is 11.8 Å². The van der Waals surface area contributed by atoms with Gasteiger partial charge in [-0.3, -0.25) is 4.57 Å². The number of fused-ring (bicyclic) bond motifs is 1. The fourth-order valence-electron chi connectivity index (χ4n) is 5.24. The van der Waals surface area contributed by atoms with Gasteiger partial charge in [0.05, 0.1) is 23.7 Å². The number of rotatable bonds is 4. The van der Waals surface area contributed by atoms with Crippen molar-refractivity contribution in [2.75, 3.05) is 23.8 Å². The molecule has 3 fully saturated rings. The summed E-state index contributed by atoms with van der Waals surface area (Å²) in [6.45, 7) is 5.13. The predicted molar refractivity (Wildman–Crippen MR) is 107 cm³/mol. The van der Waals surface area contributed by atoms with E-state index < -0.39 is 0 Å². The van der Waals surface area contributed by atoms with Crippen molar-refractivity contribution < 1.29 is 4.74 Å². The smallest absolute Gasteiger partial charge is 0.227 e. The molecule has 2 saturated heterocycles. The molecule has 8 heteroatoms. The molecule has 3 aliphatic rings.